The highest BCUT2D eigenvalue weighted by molar-refractivity contribution is 7.89. The van der Waals surface area contributed by atoms with Crippen LogP contribution in [-0.2, 0) is 23.0 Å². The van der Waals surface area contributed by atoms with Crippen molar-refractivity contribution in [3.63, 3.8) is 0 Å². The maximum Gasteiger partial charge on any atom is 0.323 e. The Morgan fingerprint density at radius 3 is 2.35 bits per heavy atom. The van der Waals surface area contributed by atoms with E-state index in [9.17, 15) is 13.2 Å². The summed E-state index contributed by atoms with van der Waals surface area (Å²) in [5.41, 5.74) is 4.14. The molecule has 0 unspecified atom stereocenters. The number of aryl methyl sites for hydroxylation is 1. The second kappa shape index (κ2) is 8.70. The molecule has 0 saturated carbocycles. The summed E-state index contributed by atoms with van der Waals surface area (Å²) < 4.78 is 27.6. The van der Waals surface area contributed by atoms with Crippen molar-refractivity contribution in [2.24, 2.45) is 0 Å². The molecular formula is C23H22ClN3O3S. The molecule has 3 aromatic carbocycles. The number of carbonyl (C=O) groups excluding carboxylic acids is 1. The van der Waals surface area contributed by atoms with Crippen LogP contribution < -0.4 is 10.6 Å². The second-order valence-electron chi connectivity index (χ2n) is 7.47. The van der Waals surface area contributed by atoms with E-state index in [4.69, 9.17) is 11.6 Å². The van der Waals surface area contributed by atoms with Gasteiger partial charge in [0.25, 0.3) is 0 Å². The van der Waals surface area contributed by atoms with E-state index in [1.807, 2.05) is 25.1 Å². The number of amides is 2. The van der Waals surface area contributed by atoms with Crippen LogP contribution in [0.5, 0.6) is 0 Å². The SMILES string of the molecule is Cc1ccc(S(=O)(=O)N2CCc3ccc(NC(=O)Nc4cccc(Cl)c4)cc3C2)cc1. The number of hydrogen-bond acceptors (Lipinski definition) is 3. The number of rotatable bonds is 4. The van der Waals surface area contributed by atoms with Gasteiger partial charge in [0.15, 0.2) is 0 Å². The van der Waals surface area contributed by atoms with Gasteiger partial charge in [0.1, 0.15) is 0 Å². The highest BCUT2D eigenvalue weighted by Gasteiger charge is 2.28. The molecule has 1 heterocycles. The third kappa shape index (κ3) is 4.90. The number of benzene rings is 3. The Kier molecular flexibility index (Phi) is 6.00. The average Bonchev–Trinajstić information content (AvgIpc) is 2.73. The molecule has 6 nitrogen and oxygen atoms in total. The molecule has 0 saturated heterocycles. The van der Waals surface area contributed by atoms with Crippen molar-refractivity contribution in [3.05, 3.63) is 88.4 Å². The molecule has 3 aromatic rings. The van der Waals surface area contributed by atoms with Gasteiger partial charge < -0.3 is 10.6 Å². The summed E-state index contributed by atoms with van der Waals surface area (Å²) in [7, 11) is -3.58. The topological polar surface area (TPSA) is 78.5 Å². The van der Waals surface area contributed by atoms with Crippen LogP contribution in [0.4, 0.5) is 16.2 Å². The summed E-state index contributed by atoms with van der Waals surface area (Å²) in [6.07, 6.45) is 0.620. The quantitative estimate of drug-likeness (QED) is 0.578. The molecule has 0 aromatic heterocycles. The summed E-state index contributed by atoms with van der Waals surface area (Å²) in [6.45, 7) is 2.60. The van der Waals surface area contributed by atoms with E-state index in [0.717, 1.165) is 16.7 Å². The van der Waals surface area contributed by atoms with E-state index >= 15 is 0 Å². The standard InChI is InChI=1S/C23H22ClN3O3S/c1-16-5-9-22(10-6-16)31(29,30)27-12-11-17-7-8-21(13-18(17)15-27)26-23(28)25-20-4-2-3-19(24)14-20/h2-10,13-14H,11-12,15H2,1H3,(H2,25,26,28). The summed E-state index contributed by atoms with van der Waals surface area (Å²) in [5.74, 6) is 0. The average molecular weight is 456 g/mol. The van der Waals surface area contributed by atoms with Gasteiger partial charge in [0.05, 0.1) is 4.90 Å². The van der Waals surface area contributed by atoms with E-state index in [2.05, 4.69) is 10.6 Å². The fourth-order valence-corrected chi connectivity index (χ4v) is 5.14. The van der Waals surface area contributed by atoms with Crippen LogP contribution >= 0.6 is 11.6 Å². The monoisotopic (exact) mass is 455 g/mol. The first kappa shape index (κ1) is 21.4. The van der Waals surface area contributed by atoms with Crippen LogP contribution in [0.25, 0.3) is 0 Å². The number of nitrogens with zero attached hydrogens (tertiary/aromatic N) is 1. The lowest BCUT2D eigenvalue weighted by Crippen LogP contribution is -2.36. The van der Waals surface area contributed by atoms with Crippen LogP contribution in [0.3, 0.4) is 0 Å². The number of hydrogen-bond donors (Lipinski definition) is 2. The first-order chi connectivity index (χ1) is 14.8. The zero-order chi connectivity index (χ0) is 22.0. The van der Waals surface area contributed by atoms with Crippen molar-refractivity contribution < 1.29 is 13.2 Å². The van der Waals surface area contributed by atoms with E-state index < -0.39 is 16.1 Å². The third-order valence-corrected chi connectivity index (χ3v) is 7.28. The number of anilines is 2. The minimum absolute atomic E-state index is 0.261. The van der Waals surface area contributed by atoms with Gasteiger partial charge in [0, 0.05) is 29.5 Å². The Balaban J connectivity index is 1.48. The van der Waals surface area contributed by atoms with Crippen LogP contribution in [0.1, 0.15) is 16.7 Å². The van der Waals surface area contributed by atoms with Crippen molar-refractivity contribution in [3.8, 4) is 0 Å². The smallest absolute Gasteiger partial charge is 0.308 e. The number of halogens is 1. The Labute approximate surface area is 186 Å². The van der Waals surface area contributed by atoms with Gasteiger partial charge in [-0.05, 0) is 66.9 Å². The molecule has 1 aliphatic rings. The van der Waals surface area contributed by atoms with Gasteiger partial charge in [-0.2, -0.15) is 4.31 Å². The summed E-state index contributed by atoms with van der Waals surface area (Å²) in [6, 6.07) is 18.9. The van der Waals surface area contributed by atoms with Gasteiger partial charge in [0.2, 0.25) is 10.0 Å². The first-order valence-electron chi connectivity index (χ1n) is 9.83. The molecule has 1 aliphatic heterocycles. The first-order valence-corrected chi connectivity index (χ1v) is 11.7. The molecular weight excluding hydrogens is 434 g/mol. The lowest BCUT2D eigenvalue weighted by atomic mass is 10.0. The van der Waals surface area contributed by atoms with E-state index in [1.165, 1.54) is 4.31 Å². The molecule has 0 atom stereocenters. The zero-order valence-electron chi connectivity index (χ0n) is 16.9. The maximum absolute atomic E-state index is 13.0. The van der Waals surface area contributed by atoms with Crippen LogP contribution in [-0.4, -0.2) is 25.3 Å². The predicted octanol–water partition coefficient (Wildman–Crippen LogP) is 5.04. The van der Waals surface area contributed by atoms with Crippen molar-refractivity contribution in [2.45, 2.75) is 24.8 Å². The summed E-state index contributed by atoms with van der Waals surface area (Å²) in [4.78, 5) is 12.6. The highest BCUT2D eigenvalue weighted by atomic mass is 35.5. The molecule has 4 rings (SSSR count). The third-order valence-electron chi connectivity index (χ3n) is 5.18. The lowest BCUT2D eigenvalue weighted by molar-refractivity contribution is 0.262. The van der Waals surface area contributed by atoms with Crippen LogP contribution in [0.15, 0.2) is 71.6 Å². The second-order valence-corrected chi connectivity index (χ2v) is 9.85. The molecule has 0 spiro atoms. The summed E-state index contributed by atoms with van der Waals surface area (Å²) >= 11 is 5.94. The Morgan fingerprint density at radius 1 is 0.935 bits per heavy atom. The number of fused-ring (bicyclic) bond motifs is 1. The Hall–Kier alpha value is -2.87. The molecule has 0 fully saturated rings. The van der Waals surface area contributed by atoms with Gasteiger partial charge in [-0.3, -0.25) is 0 Å². The molecule has 160 valence electrons. The number of nitrogens with one attached hydrogen (secondary N) is 2. The fraction of sp³-hybridized carbons (Fsp3) is 0.174. The Morgan fingerprint density at radius 2 is 1.65 bits per heavy atom. The largest absolute Gasteiger partial charge is 0.323 e. The molecule has 2 amide bonds. The number of sulfonamides is 1. The van der Waals surface area contributed by atoms with Gasteiger partial charge in [-0.1, -0.05) is 41.4 Å². The minimum Gasteiger partial charge on any atom is -0.308 e. The molecule has 0 bridgehead atoms. The van der Waals surface area contributed by atoms with Crippen molar-refractivity contribution in [1.82, 2.24) is 4.31 Å². The molecule has 2 N–H and O–H groups in total. The van der Waals surface area contributed by atoms with Gasteiger partial charge in [-0.15, -0.1) is 0 Å². The Bertz CT molecular complexity index is 1230. The summed E-state index contributed by atoms with van der Waals surface area (Å²) in [5, 5.41) is 6.05. The van der Waals surface area contributed by atoms with Gasteiger partial charge in [-0.25, -0.2) is 13.2 Å². The molecule has 31 heavy (non-hydrogen) atoms. The van der Waals surface area contributed by atoms with Crippen molar-refractivity contribution in [1.29, 1.82) is 0 Å². The normalized spacial score (nSPS) is 14.0. The number of carbonyl (C=O) groups is 1. The maximum atomic E-state index is 13.0. The van der Waals surface area contributed by atoms with E-state index in [1.54, 1.807) is 48.5 Å². The van der Waals surface area contributed by atoms with E-state index in [-0.39, 0.29) is 11.4 Å². The van der Waals surface area contributed by atoms with Crippen LogP contribution in [0.2, 0.25) is 5.02 Å². The fourth-order valence-electron chi connectivity index (χ4n) is 3.53. The molecule has 0 radical (unpaired) electrons. The van der Waals surface area contributed by atoms with E-state index in [0.29, 0.717) is 29.4 Å². The van der Waals surface area contributed by atoms with Crippen molar-refractivity contribution >= 4 is 39.0 Å². The highest BCUT2D eigenvalue weighted by Crippen LogP contribution is 2.27. The predicted molar refractivity (Wildman–Crippen MR) is 123 cm³/mol. The lowest BCUT2D eigenvalue weighted by Gasteiger charge is -2.28. The van der Waals surface area contributed by atoms with Crippen LogP contribution in [0, 0.1) is 6.92 Å². The zero-order valence-corrected chi connectivity index (χ0v) is 18.5. The molecule has 0 aliphatic carbocycles. The molecule has 8 heteroatoms. The number of urea groups is 1. The van der Waals surface area contributed by atoms with Crippen molar-refractivity contribution in [2.75, 3.05) is 17.2 Å². The van der Waals surface area contributed by atoms with Gasteiger partial charge >= 0.3 is 6.03 Å². The minimum atomic E-state index is -3.58.